The highest BCUT2D eigenvalue weighted by Gasteiger charge is 2.35. The van der Waals surface area contributed by atoms with Gasteiger partial charge < -0.3 is 10.8 Å². The van der Waals surface area contributed by atoms with Gasteiger partial charge in [-0.1, -0.05) is 39.2 Å². The van der Waals surface area contributed by atoms with E-state index >= 15 is 0 Å². The zero-order valence-electron chi connectivity index (χ0n) is 12.5. The molecule has 0 saturated heterocycles. The first-order valence-corrected chi connectivity index (χ1v) is 7.54. The largest absolute Gasteiger partial charge is 0.508 e. The van der Waals surface area contributed by atoms with Crippen LogP contribution in [0.25, 0.3) is 0 Å². The molecule has 0 spiro atoms. The van der Waals surface area contributed by atoms with E-state index in [1.165, 1.54) is 30.4 Å². The summed E-state index contributed by atoms with van der Waals surface area (Å²) in [5, 5.41) is 10.4. The number of aryl methyl sites for hydroxylation is 1. The Morgan fingerprint density at radius 3 is 2.37 bits per heavy atom. The van der Waals surface area contributed by atoms with Gasteiger partial charge in [0.1, 0.15) is 5.75 Å². The van der Waals surface area contributed by atoms with E-state index in [2.05, 4.69) is 26.8 Å². The minimum atomic E-state index is -0.000324. The van der Waals surface area contributed by atoms with Gasteiger partial charge in [-0.2, -0.15) is 0 Å². The van der Waals surface area contributed by atoms with Crippen LogP contribution in [-0.4, -0.2) is 11.7 Å². The summed E-state index contributed by atoms with van der Waals surface area (Å²) >= 11 is 0. The summed E-state index contributed by atoms with van der Waals surface area (Å²) < 4.78 is 0. The molecule has 1 aliphatic carbocycles. The molecule has 1 aromatic rings. The molecule has 2 rings (SSSR count). The number of hydrogen-bond donors (Lipinski definition) is 2. The van der Waals surface area contributed by atoms with Crippen LogP contribution in [0.5, 0.6) is 5.75 Å². The Kier molecular flexibility index (Phi) is 4.19. The molecular formula is C17H27NO. The SMILES string of the molecule is Cc1cc(O)c(C2(CN)CCCCC2)cc1C(C)C. The van der Waals surface area contributed by atoms with E-state index < -0.39 is 0 Å². The van der Waals surface area contributed by atoms with Gasteiger partial charge in [0.05, 0.1) is 0 Å². The highest BCUT2D eigenvalue weighted by atomic mass is 16.3. The van der Waals surface area contributed by atoms with Gasteiger partial charge in [0.25, 0.3) is 0 Å². The molecule has 2 nitrogen and oxygen atoms in total. The van der Waals surface area contributed by atoms with Crippen LogP contribution in [0, 0.1) is 6.92 Å². The molecule has 3 N–H and O–H groups in total. The molecule has 19 heavy (non-hydrogen) atoms. The lowest BCUT2D eigenvalue weighted by Gasteiger charge is -2.37. The Morgan fingerprint density at radius 1 is 1.21 bits per heavy atom. The van der Waals surface area contributed by atoms with Crippen molar-refractivity contribution in [1.82, 2.24) is 0 Å². The Morgan fingerprint density at radius 2 is 1.84 bits per heavy atom. The van der Waals surface area contributed by atoms with Crippen molar-refractivity contribution < 1.29 is 5.11 Å². The Bertz CT molecular complexity index is 445. The smallest absolute Gasteiger partial charge is 0.119 e. The Balaban J connectivity index is 2.50. The van der Waals surface area contributed by atoms with Crippen LogP contribution in [-0.2, 0) is 5.41 Å². The van der Waals surface area contributed by atoms with E-state index in [1.807, 2.05) is 6.07 Å². The van der Waals surface area contributed by atoms with Crippen molar-refractivity contribution in [2.24, 2.45) is 5.73 Å². The lowest BCUT2D eigenvalue weighted by atomic mass is 9.68. The maximum Gasteiger partial charge on any atom is 0.119 e. The fourth-order valence-corrected chi connectivity index (χ4v) is 3.57. The van der Waals surface area contributed by atoms with Crippen LogP contribution in [0.4, 0.5) is 0 Å². The van der Waals surface area contributed by atoms with Crippen molar-refractivity contribution >= 4 is 0 Å². The Labute approximate surface area is 117 Å². The van der Waals surface area contributed by atoms with E-state index in [-0.39, 0.29) is 5.41 Å². The second-order valence-corrected chi connectivity index (χ2v) is 6.43. The second-order valence-electron chi connectivity index (χ2n) is 6.43. The highest BCUT2D eigenvalue weighted by molar-refractivity contribution is 5.47. The predicted octanol–water partition coefficient (Wildman–Crippen LogP) is 3.98. The third-order valence-corrected chi connectivity index (χ3v) is 4.78. The second kappa shape index (κ2) is 5.54. The van der Waals surface area contributed by atoms with Gasteiger partial charge in [0, 0.05) is 17.5 Å². The van der Waals surface area contributed by atoms with E-state index in [0.717, 1.165) is 18.4 Å². The number of rotatable bonds is 3. The van der Waals surface area contributed by atoms with E-state index in [9.17, 15) is 5.11 Å². The number of benzene rings is 1. The summed E-state index contributed by atoms with van der Waals surface area (Å²) in [5.41, 5.74) is 9.70. The molecule has 0 heterocycles. The monoisotopic (exact) mass is 261 g/mol. The van der Waals surface area contributed by atoms with Crippen LogP contribution in [0.3, 0.4) is 0 Å². The van der Waals surface area contributed by atoms with Gasteiger partial charge in [-0.25, -0.2) is 0 Å². The average molecular weight is 261 g/mol. The molecule has 106 valence electrons. The van der Waals surface area contributed by atoms with Gasteiger partial charge in [-0.15, -0.1) is 0 Å². The molecule has 0 unspecified atom stereocenters. The van der Waals surface area contributed by atoms with Crippen molar-refractivity contribution in [1.29, 1.82) is 0 Å². The fraction of sp³-hybridized carbons (Fsp3) is 0.647. The van der Waals surface area contributed by atoms with E-state index in [0.29, 0.717) is 18.2 Å². The van der Waals surface area contributed by atoms with Crippen molar-refractivity contribution in [3.63, 3.8) is 0 Å². The molecule has 0 amide bonds. The fourth-order valence-electron chi connectivity index (χ4n) is 3.57. The molecule has 0 radical (unpaired) electrons. The van der Waals surface area contributed by atoms with E-state index in [4.69, 9.17) is 5.73 Å². The highest BCUT2D eigenvalue weighted by Crippen LogP contribution is 2.43. The van der Waals surface area contributed by atoms with Crippen molar-refractivity contribution in [3.05, 3.63) is 28.8 Å². The molecule has 1 saturated carbocycles. The predicted molar refractivity (Wildman–Crippen MR) is 80.8 cm³/mol. The quantitative estimate of drug-likeness (QED) is 0.864. The van der Waals surface area contributed by atoms with Crippen LogP contribution >= 0.6 is 0 Å². The van der Waals surface area contributed by atoms with Crippen molar-refractivity contribution in [2.75, 3.05) is 6.54 Å². The Hall–Kier alpha value is -1.02. The maximum atomic E-state index is 10.4. The van der Waals surface area contributed by atoms with Crippen LogP contribution in [0.1, 0.15) is 68.6 Å². The third-order valence-electron chi connectivity index (χ3n) is 4.78. The van der Waals surface area contributed by atoms with Crippen LogP contribution in [0.2, 0.25) is 0 Å². The molecule has 2 heteroatoms. The summed E-state index contributed by atoms with van der Waals surface area (Å²) in [6.45, 7) is 7.13. The standard InChI is InChI=1S/C17H27NO/c1-12(2)14-10-15(16(19)9-13(14)3)17(11-18)7-5-4-6-8-17/h9-10,12,19H,4-8,11,18H2,1-3H3. The van der Waals surface area contributed by atoms with Crippen LogP contribution < -0.4 is 5.73 Å². The first-order valence-electron chi connectivity index (χ1n) is 7.54. The normalized spacial score (nSPS) is 18.8. The molecule has 0 aromatic heterocycles. The minimum absolute atomic E-state index is 0.000324. The molecule has 0 bridgehead atoms. The third kappa shape index (κ3) is 2.64. The molecular weight excluding hydrogens is 234 g/mol. The summed E-state index contributed by atoms with van der Waals surface area (Å²) in [6.07, 6.45) is 5.96. The summed E-state index contributed by atoms with van der Waals surface area (Å²) in [6, 6.07) is 4.14. The zero-order chi connectivity index (χ0) is 14.0. The summed E-state index contributed by atoms with van der Waals surface area (Å²) in [7, 11) is 0. The number of phenols is 1. The number of phenolic OH excluding ortho intramolecular Hbond substituents is 1. The zero-order valence-corrected chi connectivity index (χ0v) is 12.5. The lowest BCUT2D eigenvalue weighted by molar-refractivity contribution is 0.290. The topological polar surface area (TPSA) is 46.2 Å². The summed E-state index contributed by atoms with van der Waals surface area (Å²) in [4.78, 5) is 0. The van der Waals surface area contributed by atoms with Gasteiger partial charge in [-0.3, -0.25) is 0 Å². The van der Waals surface area contributed by atoms with Gasteiger partial charge in [0.15, 0.2) is 0 Å². The number of hydrogen-bond acceptors (Lipinski definition) is 2. The first-order chi connectivity index (χ1) is 9.00. The number of aromatic hydroxyl groups is 1. The molecule has 0 aliphatic heterocycles. The summed E-state index contributed by atoms with van der Waals surface area (Å²) in [5.74, 6) is 0.923. The first kappa shape index (κ1) is 14.4. The van der Waals surface area contributed by atoms with Crippen molar-refractivity contribution in [2.45, 2.75) is 64.2 Å². The van der Waals surface area contributed by atoms with Crippen molar-refractivity contribution in [3.8, 4) is 5.75 Å². The average Bonchev–Trinajstić information content (AvgIpc) is 2.39. The number of nitrogens with two attached hydrogens (primary N) is 1. The lowest BCUT2D eigenvalue weighted by Crippen LogP contribution is -2.37. The minimum Gasteiger partial charge on any atom is -0.508 e. The van der Waals surface area contributed by atoms with E-state index in [1.54, 1.807) is 0 Å². The van der Waals surface area contributed by atoms with Gasteiger partial charge >= 0.3 is 0 Å². The van der Waals surface area contributed by atoms with Gasteiger partial charge in [-0.05, 0) is 42.9 Å². The molecule has 1 aromatic carbocycles. The molecule has 1 aliphatic rings. The molecule has 1 fully saturated rings. The van der Waals surface area contributed by atoms with Gasteiger partial charge in [0.2, 0.25) is 0 Å². The maximum absolute atomic E-state index is 10.4. The van der Waals surface area contributed by atoms with Crippen LogP contribution in [0.15, 0.2) is 12.1 Å². The molecule has 0 atom stereocenters.